The molecule has 4 nitrogen and oxygen atoms in total. The van der Waals surface area contributed by atoms with Crippen molar-refractivity contribution >= 4 is 11.6 Å². The summed E-state index contributed by atoms with van der Waals surface area (Å²) < 4.78 is 0. The van der Waals surface area contributed by atoms with E-state index < -0.39 is 0 Å². The van der Waals surface area contributed by atoms with Crippen LogP contribution in [0.5, 0.6) is 0 Å². The number of aliphatic hydroxyl groups is 1. The lowest BCUT2D eigenvalue weighted by molar-refractivity contribution is -0.115. The molecule has 0 radical (unpaired) electrons. The van der Waals surface area contributed by atoms with E-state index in [1.165, 1.54) is 0 Å². The topological polar surface area (TPSA) is 61.4 Å². The van der Waals surface area contributed by atoms with Crippen LogP contribution >= 0.6 is 0 Å². The van der Waals surface area contributed by atoms with Gasteiger partial charge in [-0.2, -0.15) is 0 Å². The largest absolute Gasteiger partial charge is 0.396 e. The molecule has 0 saturated carbocycles. The minimum absolute atomic E-state index is 0.0516. The highest BCUT2D eigenvalue weighted by atomic mass is 16.3. The normalized spacial score (nSPS) is 17.2. The first-order valence-corrected chi connectivity index (χ1v) is 6.77. The smallest absolute Gasteiger partial charge is 0.228 e. The minimum Gasteiger partial charge on any atom is -0.396 e. The molecule has 1 heterocycles. The summed E-state index contributed by atoms with van der Waals surface area (Å²) in [7, 11) is 1.91. The highest BCUT2D eigenvalue weighted by molar-refractivity contribution is 5.99. The van der Waals surface area contributed by atoms with Crippen molar-refractivity contribution in [2.24, 2.45) is 11.8 Å². The van der Waals surface area contributed by atoms with Gasteiger partial charge in [0.05, 0.1) is 6.42 Å². The molecule has 1 aliphatic heterocycles. The van der Waals surface area contributed by atoms with E-state index in [1.807, 2.05) is 19.2 Å². The number of anilines is 1. The monoisotopic (exact) mass is 262 g/mol. The van der Waals surface area contributed by atoms with Gasteiger partial charge in [0.2, 0.25) is 5.91 Å². The van der Waals surface area contributed by atoms with Crippen LogP contribution in [-0.2, 0) is 11.2 Å². The Kier molecular flexibility index (Phi) is 4.22. The van der Waals surface area contributed by atoms with Gasteiger partial charge >= 0.3 is 0 Å². The molecule has 0 saturated heterocycles. The molecule has 0 aromatic heterocycles. The standard InChI is InChI=1S/C15H22N2O2/c1-9(2)12(8-18)15(16-3)10-4-5-13-11(6-10)7-14(19)17-13/h4-6,9,12,15-16,18H,7-8H2,1-3H3,(H,17,19). The molecule has 104 valence electrons. The number of fused-ring (bicyclic) bond motifs is 1. The third kappa shape index (κ3) is 2.80. The van der Waals surface area contributed by atoms with E-state index in [1.54, 1.807) is 0 Å². The summed E-state index contributed by atoms with van der Waals surface area (Å²) in [4.78, 5) is 11.4. The summed E-state index contributed by atoms with van der Waals surface area (Å²) in [5.41, 5.74) is 3.09. The maximum absolute atomic E-state index is 11.4. The first kappa shape index (κ1) is 14.0. The van der Waals surface area contributed by atoms with Gasteiger partial charge in [0, 0.05) is 24.3 Å². The van der Waals surface area contributed by atoms with E-state index >= 15 is 0 Å². The highest BCUT2D eigenvalue weighted by Crippen LogP contribution is 2.31. The first-order chi connectivity index (χ1) is 9.06. The van der Waals surface area contributed by atoms with E-state index in [9.17, 15) is 9.90 Å². The Morgan fingerprint density at radius 1 is 1.42 bits per heavy atom. The number of hydrogen-bond donors (Lipinski definition) is 3. The van der Waals surface area contributed by atoms with Crippen LogP contribution in [0.25, 0.3) is 0 Å². The van der Waals surface area contributed by atoms with Crippen LogP contribution in [0.1, 0.15) is 31.0 Å². The maximum atomic E-state index is 11.4. The van der Waals surface area contributed by atoms with E-state index in [4.69, 9.17) is 0 Å². The average molecular weight is 262 g/mol. The Morgan fingerprint density at radius 2 is 2.16 bits per heavy atom. The molecule has 4 heteroatoms. The molecule has 2 rings (SSSR count). The number of amides is 1. The van der Waals surface area contributed by atoms with Gasteiger partial charge < -0.3 is 15.7 Å². The van der Waals surface area contributed by atoms with Gasteiger partial charge in [-0.1, -0.05) is 26.0 Å². The van der Waals surface area contributed by atoms with E-state index in [0.717, 1.165) is 16.8 Å². The number of aliphatic hydroxyl groups excluding tert-OH is 1. The molecule has 1 aromatic rings. The zero-order valence-electron chi connectivity index (χ0n) is 11.7. The van der Waals surface area contributed by atoms with Crippen molar-refractivity contribution < 1.29 is 9.90 Å². The van der Waals surface area contributed by atoms with Gasteiger partial charge in [-0.25, -0.2) is 0 Å². The minimum atomic E-state index is 0.0516. The predicted octanol–water partition coefficient (Wildman–Crippen LogP) is 1.71. The summed E-state index contributed by atoms with van der Waals surface area (Å²) in [5.74, 6) is 0.597. The van der Waals surface area contributed by atoms with E-state index in [0.29, 0.717) is 12.3 Å². The van der Waals surface area contributed by atoms with Gasteiger partial charge in [0.1, 0.15) is 0 Å². The maximum Gasteiger partial charge on any atom is 0.228 e. The zero-order chi connectivity index (χ0) is 14.0. The van der Waals surface area contributed by atoms with Crippen molar-refractivity contribution in [3.63, 3.8) is 0 Å². The van der Waals surface area contributed by atoms with Crippen LogP contribution in [0.15, 0.2) is 18.2 Å². The van der Waals surface area contributed by atoms with Gasteiger partial charge in [-0.15, -0.1) is 0 Å². The summed E-state index contributed by atoms with van der Waals surface area (Å²) >= 11 is 0. The lowest BCUT2D eigenvalue weighted by Crippen LogP contribution is -2.31. The average Bonchev–Trinajstić information content (AvgIpc) is 2.74. The number of benzene rings is 1. The van der Waals surface area contributed by atoms with Gasteiger partial charge in [-0.05, 0) is 30.2 Å². The fourth-order valence-electron chi connectivity index (χ4n) is 2.77. The van der Waals surface area contributed by atoms with Crippen LogP contribution in [0.3, 0.4) is 0 Å². The van der Waals surface area contributed by atoms with E-state index in [2.05, 4.69) is 30.5 Å². The molecule has 19 heavy (non-hydrogen) atoms. The van der Waals surface area contributed by atoms with Gasteiger partial charge in [-0.3, -0.25) is 4.79 Å². The molecule has 1 aliphatic rings. The second-order valence-corrected chi connectivity index (χ2v) is 5.50. The SMILES string of the molecule is CNC(c1ccc2c(c1)CC(=O)N2)C(CO)C(C)C. The number of rotatable bonds is 5. The van der Waals surface area contributed by atoms with Gasteiger partial charge in [0.25, 0.3) is 0 Å². The van der Waals surface area contributed by atoms with E-state index in [-0.39, 0.29) is 24.5 Å². The second-order valence-electron chi connectivity index (χ2n) is 5.50. The first-order valence-electron chi connectivity index (χ1n) is 6.77. The summed E-state index contributed by atoms with van der Waals surface area (Å²) in [6.07, 6.45) is 0.449. The quantitative estimate of drug-likeness (QED) is 0.757. The van der Waals surface area contributed by atoms with Crippen LogP contribution in [0.4, 0.5) is 5.69 Å². The molecular weight excluding hydrogens is 240 g/mol. The van der Waals surface area contributed by atoms with Crippen LogP contribution in [0.2, 0.25) is 0 Å². The Morgan fingerprint density at radius 3 is 2.74 bits per heavy atom. The summed E-state index contributed by atoms with van der Waals surface area (Å²) in [6, 6.07) is 6.15. The molecular formula is C15H22N2O2. The third-order valence-corrected chi connectivity index (χ3v) is 3.92. The van der Waals surface area contributed by atoms with Crippen molar-refractivity contribution in [1.29, 1.82) is 0 Å². The van der Waals surface area contributed by atoms with Gasteiger partial charge in [0.15, 0.2) is 0 Å². The molecule has 1 amide bonds. The molecule has 0 fully saturated rings. The zero-order valence-corrected chi connectivity index (χ0v) is 11.7. The van der Waals surface area contributed by atoms with Crippen molar-refractivity contribution in [2.75, 3.05) is 19.0 Å². The molecule has 0 spiro atoms. The Bertz CT molecular complexity index is 471. The molecule has 2 unspecified atom stereocenters. The molecule has 0 aliphatic carbocycles. The fraction of sp³-hybridized carbons (Fsp3) is 0.533. The molecule has 1 aromatic carbocycles. The van der Waals surface area contributed by atoms with Crippen molar-refractivity contribution in [3.8, 4) is 0 Å². The summed E-state index contributed by atoms with van der Waals surface area (Å²) in [5, 5.41) is 15.7. The lowest BCUT2D eigenvalue weighted by Gasteiger charge is -2.29. The van der Waals surface area contributed by atoms with Crippen molar-refractivity contribution in [1.82, 2.24) is 5.32 Å². The number of carbonyl (C=O) groups is 1. The predicted molar refractivity (Wildman–Crippen MR) is 76.0 cm³/mol. The number of hydrogen-bond acceptors (Lipinski definition) is 3. The highest BCUT2D eigenvalue weighted by Gasteiger charge is 2.26. The third-order valence-electron chi connectivity index (χ3n) is 3.92. The Balaban J connectivity index is 2.29. The van der Waals surface area contributed by atoms with Crippen LogP contribution in [-0.4, -0.2) is 24.7 Å². The lowest BCUT2D eigenvalue weighted by atomic mass is 9.84. The molecule has 2 atom stereocenters. The summed E-state index contributed by atoms with van der Waals surface area (Å²) in [6.45, 7) is 4.38. The molecule has 0 bridgehead atoms. The van der Waals surface area contributed by atoms with Crippen LogP contribution in [0, 0.1) is 11.8 Å². The molecule has 3 N–H and O–H groups in total. The van der Waals surface area contributed by atoms with Crippen LogP contribution < -0.4 is 10.6 Å². The Hall–Kier alpha value is -1.39. The van der Waals surface area contributed by atoms with Crippen molar-refractivity contribution in [3.05, 3.63) is 29.3 Å². The fourth-order valence-corrected chi connectivity index (χ4v) is 2.77. The second kappa shape index (κ2) is 5.72. The number of carbonyl (C=O) groups excluding carboxylic acids is 1. The Labute approximate surface area is 114 Å². The number of nitrogens with one attached hydrogen (secondary N) is 2. The van der Waals surface area contributed by atoms with Crippen molar-refractivity contribution in [2.45, 2.75) is 26.3 Å².